The van der Waals surface area contributed by atoms with Crippen molar-refractivity contribution in [3.05, 3.63) is 29.8 Å². The zero-order chi connectivity index (χ0) is 14.7. The maximum absolute atomic E-state index is 12.4. The van der Waals surface area contributed by atoms with Crippen molar-refractivity contribution >= 4 is 5.82 Å². The molecule has 0 fully saturated rings. The Bertz CT molecular complexity index is 582. The van der Waals surface area contributed by atoms with E-state index in [1.165, 1.54) is 6.07 Å². The van der Waals surface area contributed by atoms with Gasteiger partial charge in [-0.05, 0) is 24.5 Å². The summed E-state index contributed by atoms with van der Waals surface area (Å²) in [6.45, 7) is 1.15. The number of hydrogen-bond donors (Lipinski definition) is 1. The van der Waals surface area contributed by atoms with Crippen molar-refractivity contribution in [3.63, 3.8) is 0 Å². The van der Waals surface area contributed by atoms with Gasteiger partial charge in [0.05, 0.1) is 5.56 Å². The monoisotopic (exact) mass is 282 g/mol. The molecule has 0 amide bonds. The Morgan fingerprint density at radius 2 is 2.00 bits per heavy atom. The van der Waals surface area contributed by atoms with E-state index in [1.807, 2.05) is 13.8 Å². The average molecular weight is 282 g/mol. The van der Waals surface area contributed by atoms with E-state index in [-0.39, 0.29) is 11.6 Å². The van der Waals surface area contributed by atoms with Crippen LogP contribution in [0.5, 0.6) is 5.75 Å². The average Bonchev–Trinajstić information content (AvgIpc) is 2.71. The van der Waals surface area contributed by atoms with Gasteiger partial charge >= 0.3 is 6.61 Å². The van der Waals surface area contributed by atoms with E-state index < -0.39 is 6.61 Å². The Labute approximate surface area is 115 Å². The number of aromatic nitrogens is 1. The highest BCUT2D eigenvalue weighted by atomic mass is 19.3. The van der Waals surface area contributed by atoms with Crippen LogP contribution >= 0.6 is 0 Å². The fraction of sp³-hybridized carbons (Fsp3) is 0.357. The molecule has 0 saturated heterocycles. The highest BCUT2D eigenvalue weighted by molar-refractivity contribution is 5.71. The first kappa shape index (κ1) is 14.3. The van der Waals surface area contributed by atoms with Gasteiger partial charge in [0.25, 0.3) is 0 Å². The van der Waals surface area contributed by atoms with Crippen LogP contribution in [-0.2, 0) is 6.42 Å². The minimum absolute atomic E-state index is 0.0451. The van der Waals surface area contributed by atoms with Gasteiger partial charge in [-0.1, -0.05) is 31.1 Å². The topological polar surface area (TPSA) is 61.3 Å². The number of benzene rings is 1. The van der Waals surface area contributed by atoms with Crippen LogP contribution in [0.3, 0.4) is 0 Å². The first-order chi connectivity index (χ1) is 9.49. The normalized spacial score (nSPS) is 11.3. The summed E-state index contributed by atoms with van der Waals surface area (Å²) in [7, 11) is 0. The summed E-state index contributed by atoms with van der Waals surface area (Å²) in [4.78, 5) is 0. The third-order valence-electron chi connectivity index (χ3n) is 2.78. The molecule has 20 heavy (non-hydrogen) atoms. The minimum atomic E-state index is -2.90. The van der Waals surface area contributed by atoms with Crippen LogP contribution in [-0.4, -0.2) is 11.8 Å². The lowest BCUT2D eigenvalue weighted by Gasteiger charge is -2.10. The van der Waals surface area contributed by atoms with E-state index in [9.17, 15) is 8.78 Å². The molecule has 0 saturated carbocycles. The number of hydrogen-bond acceptors (Lipinski definition) is 4. The second-order valence-corrected chi connectivity index (χ2v) is 4.85. The molecule has 2 aromatic rings. The predicted molar refractivity (Wildman–Crippen MR) is 71.5 cm³/mol. The smallest absolute Gasteiger partial charge is 0.387 e. The van der Waals surface area contributed by atoms with E-state index in [0.717, 1.165) is 0 Å². The molecule has 108 valence electrons. The third-order valence-corrected chi connectivity index (χ3v) is 2.78. The van der Waals surface area contributed by atoms with Gasteiger partial charge in [-0.15, -0.1) is 0 Å². The van der Waals surface area contributed by atoms with Crippen LogP contribution in [0, 0.1) is 5.92 Å². The zero-order valence-electron chi connectivity index (χ0n) is 11.3. The number of para-hydroxylation sites is 1. The molecule has 6 heteroatoms. The maximum Gasteiger partial charge on any atom is 0.387 e. The molecule has 0 radical (unpaired) electrons. The summed E-state index contributed by atoms with van der Waals surface area (Å²) in [6, 6.07) is 6.43. The van der Waals surface area contributed by atoms with Gasteiger partial charge in [0, 0.05) is 5.56 Å². The molecule has 0 atom stereocenters. The number of alkyl halides is 2. The first-order valence-electron chi connectivity index (χ1n) is 6.27. The number of ether oxygens (including phenoxy) is 1. The molecular weight excluding hydrogens is 266 g/mol. The Hall–Kier alpha value is -2.11. The van der Waals surface area contributed by atoms with E-state index in [0.29, 0.717) is 29.2 Å². The summed E-state index contributed by atoms with van der Waals surface area (Å²) in [6.07, 6.45) is 0.647. The van der Waals surface area contributed by atoms with Crippen LogP contribution in [0.4, 0.5) is 14.6 Å². The Morgan fingerprint density at radius 1 is 1.30 bits per heavy atom. The Balaban J connectivity index is 2.46. The number of anilines is 1. The number of rotatable bonds is 5. The van der Waals surface area contributed by atoms with Crippen molar-refractivity contribution in [3.8, 4) is 17.1 Å². The van der Waals surface area contributed by atoms with E-state index >= 15 is 0 Å². The number of halogens is 2. The lowest BCUT2D eigenvalue weighted by molar-refractivity contribution is -0.0495. The van der Waals surface area contributed by atoms with Gasteiger partial charge in [0.2, 0.25) is 0 Å². The molecule has 1 aromatic carbocycles. The number of nitrogens with zero attached hydrogens (tertiary/aromatic N) is 1. The minimum Gasteiger partial charge on any atom is -0.434 e. The van der Waals surface area contributed by atoms with Crippen molar-refractivity contribution in [2.24, 2.45) is 5.92 Å². The van der Waals surface area contributed by atoms with Crippen LogP contribution in [0.2, 0.25) is 0 Å². The summed E-state index contributed by atoms with van der Waals surface area (Å²) in [5.74, 6) is 1.04. The number of nitrogen functional groups attached to an aromatic ring is 1. The summed E-state index contributed by atoms with van der Waals surface area (Å²) in [5, 5.41) is 3.73. The molecule has 0 aliphatic carbocycles. The largest absolute Gasteiger partial charge is 0.434 e. The van der Waals surface area contributed by atoms with Crippen molar-refractivity contribution in [1.29, 1.82) is 0 Å². The standard InChI is InChI=1S/C14H16F2N2O2/c1-8(2)7-10-12(20-18-13(10)17)9-5-3-4-6-11(9)19-14(15)16/h3-6,8,14H,7H2,1-2H3,(H2,17,18). The zero-order valence-corrected chi connectivity index (χ0v) is 11.3. The lowest BCUT2D eigenvalue weighted by Crippen LogP contribution is -2.04. The van der Waals surface area contributed by atoms with Crippen molar-refractivity contribution in [2.75, 3.05) is 5.73 Å². The Kier molecular flexibility index (Phi) is 4.22. The van der Waals surface area contributed by atoms with E-state index in [4.69, 9.17) is 10.3 Å². The van der Waals surface area contributed by atoms with Gasteiger partial charge < -0.3 is 15.0 Å². The molecule has 0 spiro atoms. The van der Waals surface area contributed by atoms with Gasteiger partial charge in [-0.25, -0.2) is 0 Å². The third kappa shape index (κ3) is 3.07. The highest BCUT2D eigenvalue weighted by Gasteiger charge is 2.21. The van der Waals surface area contributed by atoms with E-state index in [1.54, 1.807) is 18.2 Å². The quantitative estimate of drug-likeness (QED) is 0.907. The summed E-state index contributed by atoms with van der Waals surface area (Å²) >= 11 is 0. The van der Waals surface area contributed by atoms with Crippen LogP contribution < -0.4 is 10.5 Å². The molecule has 1 heterocycles. The summed E-state index contributed by atoms with van der Waals surface area (Å²) < 4.78 is 34.6. The van der Waals surface area contributed by atoms with Crippen molar-refractivity contribution in [2.45, 2.75) is 26.9 Å². The second-order valence-electron chi connectivity index (χ2n) is 4.85. The molecule has 0 aliphatic rings. The lowest BCUT2D eigenvalue weighted by atomic mass is 9.99. The Morgan fingerprint density at radius 3 is 2.65 bits per heavy atom. The molecule has 2 N–H and O–H groups in total. The first-order valence-corrected chi connectivity index (χ1v) is 6.27. The predicted octanol–water partition coefficient (Wildman–Crippen LogP) is 3.72. The van der Waals surface area contributed by atoms with Crippen LogP contribution in [0.1, 0.15) is 19.4 Å². The molecule has 2 rings (SSSR count). The second kappa shape index (κ2) is 5.90. The van der Waals surface area contributed by atoms with Gasteiger partial charge in [-0.3, -0.25) is 0 Å². The molecule has 0 unspecified atom stereocenters. The maximum atomic E-state index is 12.4. The molecular formula is C14H16F2N2O2. The van der Waals surface area contributed by atoms with Crippen LogP contribution in [0.15, 0.2) is 28.8 Å². The van der Waals surface area contributed by atoms with Crippen LogP contribution in [0.25, 0.3) is 11.3 Å². The highest BCUT2D eigenvalue weighted by Crippen LogP contribution is 2.36. The van der Waals surface area contributed by atoms with Gasteiger partial charge in [-0.2, -0.15) is 8.78 Å². The van der Waals surface area contributed by atoms with Crippen molar-refractivity contribution < 1.29 is 18.0 Å². The molecule has 0 bridgehead atoms. The molecule has 1 aromatic heterocycles. The summed E-state index contributed by atoms with van der Waals surface area (Å²) in [5.41, 5.74) is 6.92. The van der Waals surface area contributed by atoms with E-state index in [2.05, 4.69) is 9.89 Å². The fourth-order valence-corrected chi connectivity index (χ4v) is 1.99. The fourth-order valence-electron chi connectivity index (χ4n) is 1.99. The van der Waals surface area contributed by atoms with Crippen molar-refractivity contribution in [1.82, 2.24) is 5.16 Å². The SMILES string of the molecule is CC(C)Cc1c(N)noc1-c1ccccc1OC(F)F. The van der Waals surface area contributed by atoms with Gasteiger partial charge in [0.15, 0.2) is 11.6 Å². The molecule has 0 aliphatic heterocycles. The molecule has 4 nitrogen and oxygen atoms in total. The van der Waals surface area contributed by atoms with Gasteiger partial charge in [0.1, 0.15) is 5.75 Å². The number of nitrogens with two attached hydrogens (primary N) is 1.